The average molecular weight is 708 g/mol. The van der Waals surface area contributed by atoms with Gasteiger partial charge in [-0.2, -0.15) is 0 Å². The molecule has 0 saturated heterocycles. The Morgan fingerprint density at radius 3 is 2.37 bits per heavy atom. The number of thiazole rings is 1. The summed E-state index contributed by atoms with van der Waals surface area (Å²) in [4.78, 5) is 44.6. The van der Waals surface area contributed by atoms with E-state index in [0.717, 1.165) is 4.90 Å². The minimum absolute atomic E-state index is 0.00969. The van der Waals surface area contributed by atoms with Gasteiger partial charge in [-0.05, 0) is 73.2 Å². The molecule has 232 valence electrons. The molecule has 1 atom stereocenters. The largest absolute Gasteiger partial charge is 0.321 e. The van der Waals surface area contributed by atoms with Crippen molar-refractivity contribution in [2.75, 3.05) is 10.6 Å². The zero-order valence-electron chi connectivity index (χ0n) is 24.1. The Balaban J connectivity index is 1.26. The lowest BCUT2D eigenvalue weighted by molar-refractivity contribution is -0.115. The molecule has 1 heterocycles. The molecule has 0 aliphatic heterocycles. The Labute approximate surface area is 289 Å². The summed E-state index contributed by atoms with van der Waals surface area (Å²) >= 11 is 21.2. The summed E-state index contributed by atoms with van der Waals surface area (Å²) < 4.78 is 0. The number of carbonyl (C=O) groups excluding carboxylic acids is 3. The zero-order chi connectivity index (χ0) is 32.6. The molecule has 7 nitrogen and oxygen atoms in total. The van der Waals surface area contributed by atoms with Gasteiger partial charge in [0.1, 0.15) is 5.70 Å². The van der Waals surface area contributed by atoms with Gasteiger partial charge in [-0.1, -0.05) is 77.3 Å². The standard InChI is InChI=1S/C34H25Cl3N4O3S2/c1-20(31(42)41-34-40-30(19-45-34)26-15-14-23(35)17-28(26)37)46-25-12-7-11-24(18-25)38-33(44)29(16-22-10-5-6-13-27(22)36)39-32(43)21-8-3-2-4-9-21/h2-20H,1H3,(H,38,44)(H,39,43)(H,40,41,42)/b29-16+. The Kier molecular flexibility index (Phi) is 11.2. The van der Waals surface area contributed by atoms with E-state index in [1.54, 1.807) is 97.9 Å². The summed E-state index contributed by atoms with van der Waals surface area (Å²) in [6.07, 6.45) is 1.52. The third kappa shape index (κ3) is 8.78. The maximum absolute atomic E-state index is 13.5. The van der Waals surface area contributed by atoms with E-state index in [2.05, 4.69) is 20.9 Å². The average Bonchev–Trinajstić information content (AvgIpc) is 3.50. The van der Waals surface area contributed by atoms with Gasteiger partial charge in [-0.15, -0.1) is 23.1 Å². The van der Waals surface area contributed by atoms with Gasteiger partial charge in [0.2, 0.25) is 5.91 Å². The van der Waals surface area contributed by atoms with Crippen molar-refractivity contribution in [3.8, 4) is 11.3 Å². The number of nitrogens with zero attached hydrogens (tertiary/aromatic N) is 1. The molecule has 0 fully saturated rings. The fourth-order valence-corrected chi connectivity index (χ4v) is 6.49. The Morgan fingerprint density at radius 2 is 1.61 bits per heavy atom. The number of amides is 3. The van der Waals surface area contributed by atoms with E-state index in [0.29, 0.717) is 48.3 Å². The van der Waals surface area contributed by atoms with Crippen molar-refractivity contribution in [3.05, 3.63) is 134 Å². The molecule has 1 unspecified atom stereocenters. The summed E-state index contributed by atoms with van der Waals surface area (Å²) in [6.45, 7) is 1.78. The van der Waals surface area contributed by atoms with Crippen LogP contribution in [0.5, 0.6) is 0 Å². The third-order valence-electron chi connectivity index (χ3n) is 6.45. The van der Waals surface area contributed by atoms with Gasteiger partial charge in [0, 0.05) is 37.1 Å². The van der Waals surface area contributed by atoms with Crippen LogP contribution < -0.4 is 16.0 Å². The van der Waals surface area contributed by atoms with Crippen LogP contribution in [0.1, 0.15) is 22.8 Å². The van der Waals surface area contributed by atoms with E-state index in [9.17, 15) is 14.4 Å². The molecule has 46 heavy (non-hydrogen) atoms. The summed E-state index contributed by atoms with van der Waals surface area (Å²) in [5.74, 6) is -1.23. The molecule has 3 amide bonds. The number of halogens is 3. The number of benzene rings is 4. The van der Waals surface area contributed by atoms with Crippen LogP contribution in [-0.2, 0) is 9.59 Å². The van der Waals surface area contributed by atoms with Crippen molar-refractivity contribution in [1.29, 1.82) is 0 Å². The zero-order valence-corrected chi connectivity index (χ0v) is 28.0. The van der Waals surface area contributed by atoms with Crippen molar-refractivity contribution in [2.24, 2.45) is 0 Å². The molecule has 0 aliphatic rings. The molecular weight excluding hydrogens is 683 g/mol. The third-order valence-corrected chi connectivity index (χ3v) is 9.19. The molecule has 0 saturated carbocycles. The minimum Gasteiger partial charge on any atom is -0.321 e. The highest BCUT2D eigenvalue weighted by Crippen LogP contribution is 2.33. The molecule has 3 N–H and O–H groups in total. The van der Waals surface area contributed by atoms with Crippen molar-refractivity contribution >= 4 is 92.5 Å². The highest BCUT2D eigenvalue weighted by atomic mass is 35.5. The number of anilines is 2. The van der Waals surface area contributed by atoms with E-state index < -0.39 is 17.1 Å². The molecule has 0 radical (unpaired) electrons. The summed E-state index contributed by atoms with van der Waals surface area (Å²) in [5, 5.41) is 11.6. The molecular formula is C34H25Cl3N4O3S2. The van der Waals surface area contributed by atoms with Gasteiger partial charge in [-0.25, -0.2) is 4.98 Å². The fraction of sp³-hybridized carbons (Fsp3) is 0.0588. The number of aromatic nitrogens is 1. The number of hydrogen-bond donors (Lipinski definition) is 3. The van der Waals surface area contributed by atoms with Crippen LogP contribution >= 0.6 is 57.9 Å². The first-order valence-electron chi connectivity index (χ1n) is 13.8. The number of rotatable bonds is 10. The molecule has 0 bridgehead atoms. The maximum atomic E-state index is 13.5. The van der Waals surface area contributed by atoms with E-state index in [-0.39, 0.29) is 11.6 Å². The normalized spacial score (nSPS) is 11.9. The van der Waals surface area contributed by atoms with Gasteiger partial charge in [0.15, 0.2) is 5.13 Å². The highest BCUT2D eigenvalue weighted by Gasteiger charge is 2.19. The molecule has 12 heteroatoms. The first-order chi connectivity index (χ1) is 22.2. The Hall–Kier alpha value is -4.12. The molecule has 5 aromatic rings. The van der Waals surface area contributed by atoms with Crippen LogP contribution in [0.3, 0.4) is 0 Å². The monoisotopic (exact) mass is 706 g/mol. The summed E-state index contributed by atoms with van der Waals surface area (Å²) in [7, 11) is 0. The molecule has 0 aliphatic carbocycles. The van der Waals surface area contributed by atoms with E-state index in [1.807, 2.05) is 11.4 Å². The highest BCUT2D eigenvalue weighted by molar-refractivity contribution is 8.00. The second-order valence-electron chi connectivity index (χ2n) is 9.79. The number of thioether (sulfide) groups is 1. The van der Waals surface area contributed by atoms with Gasteiger partial charge >= 0.3 is 0 Å². The Morgan fingerprint density at radius 1 is 0.848 bits per heavy atom. The smallest absolute Gasteiger partial charge is 0.272 e. The van der Waals surface area contributed by atoms with Crippen molar-refractivity contribution < 1.29 is 14.4 Å². The van der Waals surface area contributed by atoms with Crippen molar-refractivity contribution in [3.63, 3.8) is 0 Å². The van der Waals surface area contributed by atoms with E-state index in [4.69, 9.17) is 34.8 Å². The van der Waals surface area contributed by atoms with E-state index in [1.165, 1.54) is 29.2 Å². The van der Waals surface area contributed by atoms with Crippen LogP contribution in [0.25, 0.3) is 17.3 Å². The fourth-order valence-electron chi connectivity index (χ4n) is 4.15. The second kappa shape index (κ2) is 15.4. The van der Waals surface area contributed by atoms with Crippen LogP contribution in [0, 0.1) is 0 Å². The number of carbonyl (C=O) groups is 3. The van der Waals surface area contributed by atoms with Crippen LogP contribution in [0.15, 0.2) is 113 Å². The van der Waals surface area contributed by atoms with Crippen molar-refractivity contribution in [1.82, 2.24) is 10.3 Å². The quantitative estimate of drug-likeness (QED) is 0.0993. The van der Waals surface area contributed by atoms with Crippen molar-refractivity contribution in [2.45, 2.75) is 17.1 Å². The van der Waals surface area contributed by atoms with Gasteiger partial charge in [0.25, 0.3) is 11.8 Å². The minimum atomic E-state index is -0.544. The lowest BCUT2D eigenvalue weighted by Gasteiger charge is -2.14. The molecule has 1 aromatic heterocycles. The van der Waals surface area contributed by atoms with Crippen LogP contribution in [0.2, 0.25) is 15.1 Å². The van der Waals surface area contributed by atoms with Crippen LogP contribution in [0.4, 0.5) is 10.8 Å². The van der Waals surface area contributed by atoms with Crippen LogP contribution in [-0.4, -0.2) is 28.0 Å². The SMILES string of the molecule is CC(Sc1cccc(NC(=O)/C(=C\c2ccccc2Cl)NC(=O)c2ccccc2)c1)C(=O)Nc1nc(-c2ccc(Cl)cc2Cl)cs1. The first kappa shape index (κ1) is 33.2. The predicted molar refractivity (Wildman–Crippen MR) is 190 cm³/mol. The van der Waals surface area contributed by atoms with E-state index >= 15 is 0 Å². The second-order valence-corrected chi connectivity index (χ2v) is 13.3. The summed E-state index contributed by atoms with van der Waals surface area (Å²) in [5.41, 5.74) is 2.80. The number of hydrogen-bond acceptors (Lipinski definition) is 6. The van der Waals surface area contributed by atoms with Gasteiger partial charge in [-0.3, -0.25) is 14.4 Å². The molecule has 5 rings (SSSR count). The lowest BCUT2D eigenvalue weighted by Crippen LogP contribution is -2.30. The molecule has 4 aromatic carbocycles. The number of nitrogens with one attached hydrogen (secondary N) is 3. The predicted octanol–water partition coefficient (Wildman–Crippen LogP) is 9.30. The van der Waals surface area contributed by atoms with Gasteiger partial charge < -0.3 is 16.0 Å². The molecule has 0 spiro atoms. The first-order valence-corrected chi connectivity index (χ1v) is 16.7. The van der Waals surface area contributed by atoms with Gasteiger partial charge in [0.05, 0.1) is 16.0 Å². The summed E-state index contributed by atoms with van der Waals surface area (Å²) in [6, 6.07) is 27.8. The Bertz CT molecular complexity index is 1930. The topological polar surface area (TPSA) is 100 Å². The maximum Gasteiger partial charge on any atom is 0.272 e. The lowest BCUT2D eigenvalue weighted by atomic mass is 10.1.